The smallest absolute Gasteiger partial charge is 0.0417 e. The molecule has 1 aromatic carbocycles. The van der Waals surface area contributed by atoms with Crippen molar-refractivity contribution in [2.75, 3.05) is 0 Å². The van der Waals surface area contributed by atoms with Crippen LogP contribution in [0.1, 0.15) is 25.0 Å². The summed E-state index contributed by atoms with van der Waals surface area (Å²) >= 11 is 0. The van der Waals surface area contributed by atoms with Crippen LogP contribution in [-0.2, 0) is 5.41 Å². The van der Waals surface area contributed by atoms with Crippen molar-refractivity contribution in [1.82, 2.24) is 0 Å². The van der Waals surface area contributed by atoms with E-state index < -0.39 is 0 Å². The minimum Gasteiger partial charge on any atom is -0.0417 e. The van der Waals surface area contributed by atoms with Gasteiger partial charge in [0.05, 0.1) is 16.5 Å². The lowest BCUT2D eigenvalue weighted by Crippen LogP contribution is -2.09. The number of hydrogen-bond donors (Lipinski definition) is 0. The summed E-state index contributed by atoms with van der Waals surface area (Å²) in [5, 5.41) is 0. The first-order valence-electron chi connectivity index (χ1n) is 4.32. The quantitative estimate of drug-likeness (QED) is 0.507. The molecule has 60 valence electrons. The van der Waals surface area contributed by atoms with E-state index in [0.717, 1.165) is 0 Å². The lowest BCUT2D eigenvalue weighted by molar-refractivity contribution is 0.684. The van der Waals surface area contributed by atoms with Gasteiger partial charge in [0, 0.05) is 24.3 Å². The highest BCUT2D eigenvalue weighted by atomic mass is 14.3. The average molecular weight is 157 g/mol. The van der Waals surface area contributed by atoms with E-state index in [-0.39, 0.29) is 5.41 Å². The van der Waals surface area contributed by atoms with Crippen LogP contribution in [0.25, 0.3) is 6.08 Å². The van der Waals surface area contributed by atoms with Crippen molar-refractivity contribution in [3.05, 3.63) is 47.5 Å². The van der Waals surface area contributed by atoms with Gasteiger partial charge in [-0.1, -0.05) is 0 Å². The molecule has 0 aliphatic heterocycles. The highest BCUT2D eigenvalue weighted by molar-refractivity contribution is 5.63. The molecular weight excluding hydrogens is 144 g/mol. The van der Waals surface area contributed by atoms with Crippen LogP contribution in [0.15, 0.2) is 36.4 Å². The Morgan fingerprint density at radius 2 is 2.00 bits per heavy atom. The summed E-state index contributed by atoms with van der Waals surface area (Å²) in [7, 11) is 0. The predicted octanol–water partition coefficient (Wildman–Crippen LogP) is 3.27. The van der Waals surface area contributed by atoms with Crippen LogP contribution in [0.5, 0.6) is 0 Å². The molecule has 0 radical (unpaired) electrons. The Hall–Kier alpha value is -1.17. The summed E-state index contributed by atoms with van der Waals surface area (Å²) < 4.78 is 0. The van der Waals surface area contributed by atoms with Gasteiger partial charge in [-0.3, -0.25) is 0 Å². The molecule has 1 aliphatic rings. The van der Waals surface area contributed by atoms with Gasteiger partial charge in [0.15, 0.2) is 0 Å². The van der Waals surface area contributed by atoms with Crippen LogP contribution in [0.3, 0.4) is 0 Å². The molecule has 0 unspecified atom stereocenters. The Morgan fingerprint density at radius 1 is 1.17 bits per heavy atom. The molecular formula is C12H13+. The highest BCUT2D eigenvalue weighted by Crippen LogP contribution is 2.33. The maximum atomic E-state index is 2.26. The van der Waals surface area contributed by atoms with Crippen LogP contribution < -0.4 is 0 Å². The Kier molecular flexibility index (Phi) is 1.50. The third-order valence-corrected chi connectivity index (χ3v) is 2.45. The van der Waals surface area contributed by atoms with Gasteiger partial charge in [0.2, 0.25) is 0 Å². The first-order valence-corrected chi connectivity index (χ1v) is 4.32. The Morgan fingerprint density at radius 3 is 2.83 bits per heavy atom. The lowest BCUT2D eigenvalue weighted by atomic mass is 9.88. The Balaban J connectivity index is 2.68. The maximum absolute atomic E-state index is 2.26. The Bertz CT molecular complexity index is 338. The topological polar surface area (TPSA) is 0 Å². The highest BCUT2D eigenvalue weighted by Gasteiger charge is 2.29. The van der Waals surface area contributed by atoms with E-state index in [9.17, 15) is 0 Å². The minimum atomic E-state index is 0.217. The van der Waals surface area contributed by atoms with Gasteiger partial charge in [-0.25, -0.2) is 0 Å². The zero-order valence-electron chi connectivity index (χ0n) is 7.54. The van der Waals surface area contributed by atoms with Crippen molar-refractivity contribution >= 4 is 6.08 Å². The number of hydrogen-bond acceptors (Lipinski definition) is 0. The van der Waals surface area contributed by atoms with E-state index in [1.165, 1.54) is 11.1 Å². The first kappa shape index (κ1) is 7.48. The summed E-state index contributed by atoms with van der Waals surface area (Å²) in [5.41, 5.74) is 2.99. The maximum Gasteiger partial charge on any atom is 0.0659 e. The fraction of sp³-hybridized carbons (Fsp3) is 0.250. The molecule has 0 nitrogen and oxygen atoms in total. The second-order valence-corrected chi connectivity index (χ2v) is 3.83. The summed E-state index contributed by atoms with van der Waals surface area (Å²) in [6, 6.07) is 10.6. The molecule has 0 spiro atoms. The van der Waals surface area contributed by atoms with Gasteiger partial charge in [0.1, 0.15) is 0 Å². The molecule has 12 heavy (non-hydrogen) atoms. The van der Waals surface area contributed by atoms with E-state index in [1.54, 1.807) is 0 Å². The van der Waals surface area contributed by atoms with Crippen LogP contribution in [-0.4, -0.2) is 0 Å². The third-order valence-electron chi connectivity index (χ3n) is 2.45. The molecule has 0 heteroatoms. The second kappa shape index (κ2) is 2.41. The summed E-state index contributed by atoms with van der Waals surface area (Å²) in [5.74, 6) is 0. The van der Waals surface area contributed by atoms with Crippen molar-refractivity contribution in [2.24, 2.45) is 0 Å². The fourth-order valence-electron chi connectivity index (χ4n) is 1.68. The second-order valence-electron chi connectivity index (χ2n) is 3.83. The molecule has 0 atom stereocenters. The van der Waals surface area contributed by atoms with Crippen LogP contribution in [0.4, 0.5) is 0 Å². The first-order chi connectivity index (χ1) is 5.70. The van der Waals surface area contributed by atoms with E-state index in [4.69, 9.17) is 0 Å². The van der Waals surface area contributed by atoms with Crippen LogP contribution >= 0.6 is 0 Å². The molecule has 0 heterocycles. The summed E-state index contributed by atoms with van der Waals surface area (Å²) in [4.78, 5) is 0. The third kappa shape index (κ3) is 1.04. The number of allylic oxidation sites excluding steroid dienone is 1. The zero-order valence-corrected chi connectivity index (χ0v) is 7.54. The van der Waals surface area contributed by atoms with Crippen molar-refractivity contribution in [2.45, 2.75) is 19.3 Å². The molecule has 1 aromatic rings. The van der Waals surface area contributed by atoms with Crippen molar-refractivity contribution in [3.63, 3.8) is 0 Å². The van der Waals surface area contributed by atoms with E-state index in [2.05, 4.69) is 56.3 Å². The fourth-order valence-corrected chi connectivity index (χ4v) is 1.68. The van der Waals surface area contributed by atoms with Crippen molar-refractivity contribution < 1.29 is 0 Å². The largest absolute Gasteiger partial charge is 0.0659 e. The monoisotopic (exact) mass is 157 g/mol. The van der Waals surface area contributed by atoms with Gasteiger partial charge in [-0.05, 0) is 32.1 Å². The van der Waals surface area contributed by atoms with Crippen molar-refractivity contribution in [1.29, 1.82) is 0 Å². The van der Waals surface area contributed by atoms with E-state index in [0.29, 0.717) is 0 Å². The minimum absolute atomic E-state index is 0.217. The van der Waals surface area contributed by atoms with Crippen LogP contribution in [0, 0.1) is 0 Å². The predicted molar refractivity (Wildman–Crippen MR) is 52.9 cm³/mol. The molecule has 0 N–H and O–H groups in total. The number of rotatable bonds is 0. The van der Waals surface area contributed by atoms with Gasteiger partial charge in [0.25, 0.3) is 0 Å². The average Bonchev–Trinajstić information content (AvgIpc) is 2.27. The molecule has 0 aromatic heterocycles. The van der Waals surface area contributed by atoms with E-state index >= 15 is 0 Å². The molecule has 1 aliphatic carbocycles. The van der Waals surface area contributed by atoms with E-state index in [1.807, 2.05) is 0 Å². The standard InChI is InChI=1S/C12H13/c1-12(2)9-8-10-6-4-3-5-7-11(10)12/h3-9H,1-2H3/q+1. The SMILES string of the molecule is CC1(C)C=C[c+]2cccccc21. The lowest BCUT2D eigenvalue weighted by Gasteiger charge is -2.10. The molecule has 0 bridgehead atoms. The Labute approximate surface area is 73.6 Å². The summed E-state index contributed by atoms with van der Waals surface area (Å²) in [6.45, 7) is 4.49. The molecule has 0 fully saturated rings. The van der Waals surface area contributed by atoms with Crippen molar-refractivity contribution in [3.8, 4) is 0 Å². The molecule has 0 saturated carbocycles. The van der Waals surface area contributed by atoms with Gasteiger partial charge >= 0.3 is 0 Å². The zero-order chi connectivity index (χ0) is 8.60. The molecule has 0 amide bonds. The van der Waals surface area contributed by atoms with Crippen LogP contribution in [0.2, 0.25) is 0 Å². The number of fused-ring (bicyclic) bond motifs is 1. The summed E-state index contributed by atoms with van der Waals surface area (Å²) in [6.07, 6.45) is 4.47. The molecule has 0 saturated heterocycles. The normalized spacial score (nSPS) is 17.5. The van der Waals surface area contributed by atoms with Gasteiger partial charge < -0.3 is 0 Å². The molecule has 2 rings (SSSR count). The van der Waals surface area contributed by atoms with Gasteiger partial charge in [-0.2, -0.15) is 0 Å². The van der Waals surface area contributed by atoms with Gasteiger partial charge in [-0.15, -0.1) is 0 Å².